The lowest BCUT2D eigenvalue weighted by Gasteiger charge is -2.12. The number of nitrogens with zero attached hydrogens (tertiary/aromatic N) is 3. The fourth-order valence-corrected chi connectivity index (χ4v) is 4.17. The number of halogens is 1. The summed E-state index contributed by atoms with van der Waals surface area (Å²) >= 11 is 8.13. The Bertz CT molecular complexity index is 944. The minimum Gasteiger partial charge on any atom is -0.493 e. The molecule has 25 heavy (non-hydrogen) atoms. The number of benzene rings is 1. The third-order valence-electron chi connectivity index (χ3n) is 3.49. The molecule has 0 radical (unpaired) electrons. The molecule has 0 spiro atoms. The molecule has 0 aliphatic rings. The molecule has 2 N–H and O–H groups in total. The predicted molar refractivity (Wildman–Crippen MR) is 99.4 cm³/mol. The molecule has 2 heterocycles. The highest BCUT2D eigenvalue weighted by Crippen LogP contribution is 2.30. The number of aliphatic hydroxyl groups is 1. The van der Waals surface area contributed by atoms with Gasteiger partial charge in [0.2, 0.25) is 5.88 Å². The van der Waals surface area contributed by atoms with Crippen LogP contribution in [0.15, 0.2) is 46.5 Å². The number of aromatic hydroxyl groups is 1. The molecule has 9 heteroatoms. The molecule has 0 fully saturated rings. The van der Waals surface area contributed by atoms with Gasteiger partial charge in [0.25, 0.3) is 5.56 Å². The van der Waals surface area contributed by atoms with Gasteiger partial charge in [0.15, 0.2) is 9.62 Å². The van der Waals surface area contributed by atoms with Gasteiger partial charge in [-0.25, -0.2) is 4.98 Å². The van der Waals surface area contributed by atoms with Crippen LogP contribution in [0.2, 0.25) is 4.47 Å². The topological polar surface area (TPSA) is 88.2 Å². The molecule has 3 aromatic rings. The van der Waals surface area contributed by atoms with Gasteiger partial charge in [-0.1, -0.05) is 53.7 Å². The van der Waals surface area contributed by atoms with E-state index in [1.807, 2.05) is 6.07 Å². The number of rotatable bonds is 5. The average molecular weight is 396 g/mol. The van der Waals surface area contributed by atoms with Crippen LogP contribution in [0.25, 0.3) is 11.1 Å². The van der Waals surface area contributed by atoms with Gasteiger partial charge in [-0.2, -0.15) is 4.98 Å². The van der Waals surface area contributed by atoms with Crippen LogP contribution in [0.4, 0.5) is 0 Å². The van der Waals surface area contributed by atoms with Gasteiger partial charge in [-0.3, -0.25) is 9.36 Å². The first kappa shape index (κ1) is 17.9. The van der Waals surface area contributed by atoms with Crippen molar-refractivity contribution in [3.8, 4) is 17.0 Å². The van der Waals surface area contributed by atoms with Crippen molar-refractivity contribution in [1.82, 2.24) is 14.5 Å². The van der Waals surface area contributed by atoms with Crippen molar-refractivity contribution in [2.45, 2.75) is 11.3 Å². The quantitative estimate of drug-likeness (QED) is 0.509. The van der Waals surface area contributed by atoms with E-state index in [1.54, 1.807) is 31.3 Å². The fraction of sp³-hybridized carbons (Fsp3) is 0.188. The van der Waals surface area contributed by atoms with Crippen molar-refractivity contribution in [2.24, 2.45) is 7.05 Å². The van der Waals surface area contributed by atoms with Crippen molar-refractivity contribution < 1.29 is 10.2 Å². The summed E-state index contributed by atoms with van der Waals surface area (Å²) in [6, 6.07) is 8.88. The number of hydrogen-bond acceptors (Lipinski definition) is 7. The Morgan fingerprint density at radius 1 is 1.36 bits per heavy atom. The zero-order valence-corrected chi connectivity index (χ0v) is 15.5. The van der Waals surface area contributed by atoms with Gasteiger partial charge < -0.3 is 10.2 Å². The van der Waals surface area contributed by atoms with E-state index in [0.717, 1.165) is 0 Å². The summed E-state index contributed by atoms with van der Waals surface area (Å²) in [5.41, 5.74) is 0.405. The van der Waals surface area contributed by atoms with E-state index in [2.05, 4.69) is 9.97 Å². The number of thioether (sulfide) groups is 1. The molecule has 3 rings (SSSR count). The maximum absolute atomic E-state index is 12.6. The summed E-state index contributed by atoms with van der Waals surface area (Å²) in [5, 5.41) is 20.7. The molecule has 0 saturated heterocycles. The standard InChI is InChI=1S/C16H14ClN3O3S2/c1-20-14(23)12(9-5-3-2-4-6-9)13(22)19-16(20)24-8-10(21)11-7-18-15(17)25-11/h2-7,10,21-22H,8H2,1H3. The second-order valence-electron chi connectivity index (χ2n) is 5.17. The predicted octanol–water partition coefficient (Wildman–Crippen LogP) is 3.09. The number of hydrogen-bond donors (Lipinski definition) is 2. The van der Waals surface area contributed by atoms with Crippen LogP contribution in [-0.4, -0.2) is 30.5 Å². The molecule has 1 atom stereocenters. The second-order valence-corrected chi connectivity index (χ2v) is 7.80. The molecule has 0 aliphatic heterocycles. The van der Waals surface area contributed by atoms with Crippen LogP contribution in [0.5, 0.6) is 5.88 Å². The number of aromatic nitrogens is 3. The number of thiazole rings is 1. The largest absolute Gasteiger partial charge is 0.493 e. The molecule has 6 nitrogen and oxygen atoms in total. The van der Waals surface area contributed by atoms with E-state index < -0.39 is 6.10 Å². The molecular formula is C16H14ClN3O3S2. The van der Waals surface area contributed by atoms with Crippen LogP contribution >= 0.6 is 34.7 Å². The molecule has 0 aliphatic carbocycles. The lowest BCUT2D eigenvalue weighted by atomic mass is 10.1. The van der Waals surface area contributed by atoms with Gasteiger partial charge in [0.05, 0.1) is 11.0 Å². The zero-order valence-electron chi connectivity index (χ0n) is 13.1. The minimum atomic E-state index is -0.789. The van der Waals surface area contributed by atoms with Gasteiger partial charge >= 0.3 is 0 Å². The summed E-state index contributed by atoms with van der Waals surface area (Å²) in [4.78, 5) is 21.2. The smallest absolute Gasteiger partial charge is 0.265 e. The lowest BCUT2D eigenvalue weighted by molar-refractivity contribution is 0.207. The third kappa shape index (κ3) is 3.87. The Labute approximate surface area is 156 Å². The maximum Gasteiger partial charge on any atom is 0.265 e. The van der Waals surface area contributed by atoms with Crippen LogP contribution in [0.1, 0.15) is 11.0 Å². The number of aliphatic hydroxyl groups excluding tert-OH is 1. The molecular weight excluding hydrogens is 382 g/mol. The second kappa shape index (κ2) is 7.57. The van der Waals surface area contributed by atoms with Gasteiger partial charge in [-0.15, -0.1) is 11.3 Å². The third-order valence-corrected chi connectivity index (χ3v) is 5.81. The Kier molecular flexibility index (Phi) is 5.43. The van der Waals surface area contributed by atoms with E-state index in [-0.39, 0.29) is 22.8 Å². The first-order chi connectivity index (χ1) is 12.0. The minimum absolute atomic E-state index is 0.155. The van der Waals surface area contributed by atoms with E-state index in [4.69, 9.17) is 11.6 Å². The first-order valence-electron chi connectivity index (χ1n) is 7.25. The zero-order chi connectivity index (χ0) is 18.0. The SMILES string of the molecule is Cn1c(SCC(O)c2cnc(Cl)s2)nc(O)c(-c2ccccc2)c1=O. The van der Waals surface area contributed by atoms with E-state index in [0.29, 0.717) is 20.1 Å². The van der Waals surface area contributed by atoms with Gasteiger partial charge in [0, 0.05) is 19.0 Å². The molecule has 130 valence electrons. The van der Waals surface area contributed by atoms with Crippen LogP contribution in [0.3, 0.4) is 0 Å². The Morgan fingerprint density at radius 2 is 2.08 bits per heavy atom. The van der Waals surface area contributed by atoms with E-state index in [9.17, 15) is 15.0 Å². The van der Waals surface area contributed by atoms with E-state index in [1.165, 1.54) is 33.9 Å². The summed E-state index contributed by atoms with van der Waals surface area (Å²) in [6.07, 6.45) is 0.726. The summed E-state index contributed by atoms with van der Waals surface area (Å²) < 4.78 is 1.72. The average Bonchev–Trinajstić information content (AvgIpc) is 3.04. The van der Waals surface area contributed by atoms with Crippen molar-refractivity contribution in [1.29, 1.82) is 0 Å². The van der Waals surface area contributed by atoms with E-state index >= 15 is 0 Å². The summed E-state index contributed by atoms with van der Waals surface area (Å²) in [6.45, 7) is 0. The molecule has 2 aromatic heterocycles. The normalized spacial score (nSPS) is 12.3. The molecule has 0 saturated carbocycles. The van der Waals surface area contributed by atoms with Gasteiger partial charge in [-0.05, 0) is 5.56 Å². The van der Waals surface area contributed by atoms with Crippen molar-refractivity contribution >= 4 is 34.7 Å². The molecule has 1 unspecified atom stereocenters. The van der Waals surface area contributed by atoms with Crippen LogP contribution in [0, 0.1) is 0 Å². The van der Waals surface area contributed by atoms with Crippen LogP contribution < -0.4 is 5.56 Å². The van der Waals surface area contributed by atoms with Crippen molar-refractivity contribution in [2.75, 3.05) is 5.75 Å². The maximum atomic E-state index is 12.6. The highest BCUT2D eigenvalue weighted by Gasteiger charge is 2.18. The van der Waals surface area contributed by atoms with Crippen LogP contribution in [-0.2, 0) is 7.05 Å². The van der Waals surface area contributed by atoms with Gasteiger partial charge in [0.1, 0.15) is 5.56 Å². The highest BCUT2D eigenvalue weighted by molar-refractivity contribution is 7.99. The molecule has 0 amide bonds. The van der Waals surface area contributed by atoms with Crippen molar-refractivity contribution in [3.05, 3.63) is 56.2 Å². The fourth-order valence-electron chi connectivity index (χ4n) is 2.21. The first-order valence-corrected chi connectivity index (χ1v) is 9.43. The Morgan fingerprint density at radius 3 is 2.72 bits per heavy atom. The monoisotopic (exact) mass is 395 g/mol. The van der Waals surface area contributed by atoms with Crippen molar-refractivity contribution in [3.63, 3.8) is 0 Å². The molecule has 1 aromatic carbocycles. The Hall–Kier alpha value is -1.87. The lowest BCUT2D eigenvalue weighted by Crippen LogP contribution is -2.22. The summed E-state index contributed by atoms with van der Waals surface area (Å²) in [5.74, 6) is -0.0738. The molecule has 0 bridgehead atoms. The summed E-state index contributed by atoms with van der Waals surface area (Å²) in [7, 11) is 1.58. The Balaban J connectivity index is 1.85. The highest BCUT2D eigenvalue weighted by atomic mass is 35.5.